The molecular formula is C17H19N5OS. The average Bonchev–Trinajstić information content (AvgIpc) is 2.97. The van der Waals surface area contributed by atoms with Gasteiger partial charge in [-0.1, -0.05) is 30.0 Å². The van der Waals surface area contributed by atoms with Crippen LogP contribution < -0.4 is 5.32 Å². The minimum atomic E-state index is -0.0677. The molecule has 2 heterocycles. The summed E-state index contributed by atoms with van der Waals surface area (Å²) in [4.78, 5) is 21.3. The van der Waals surface area contributed by atoms with Crippen molar-refractivity contribution in [3.63, 3.8) is 0 Å². The number of aromatic nitrogens is 4. The van der Waals surface area contributed by atoms with E-state index in [1.807, 2.05) is 51.3 Å². The highest BCUT2D eigenvalue weighted by molar-refractivity contribution is 7.98. The summed E-state index contributed by atoms with van der Waals surface area (Å²) in [5, 5.41) is 8.05. The second-order valence-corrected chi connectivity index (χ2v) is 6.38. The highest BCUT2D eigenvalue weighted by Crippen LogP contribution is 2.18. The number of nitrogens with one attached hydrogen (secondary N) is 1. The molecule has 7 heteroatoms. The van der Waals surface area contributed by atoms with Gasteiger partial charge in [0.2, 0.25) is 11.1 Å². The van der Waals surface area contributed by atoms with Crippen LogP contribution in [0, 0.1) is 20.8 Å². The zero-order valence-corrected chi connectivity index (χ0v) is 14.9. The average molecular weight is 341 g/mol. The van der Waals surface area contributed by atoms with Gasteiger partial charge in [0.25, 0.3) is 5.78 Å². The molecule has 0 saturated heterocycles. The predicted molar refractivity (Wildman–Crippen MR) is 95.5 cm³/mol. The summed E-state index contributed by atoms with van der Waals surface area (Å²) in [6.45, 7) is 5.81. The summed E-state index contributed by atoms with van der Waals surface area (Å²) in [6, 6.07) is 7.73. The molecule has 0 aliphatic heterocycles. The third-order valence-electron chi connectivity index (χ3n) is 3.97. The Morgan fingerprint density at radius 3 is 2.67 bits per heavy atom. The van der Waals surface area contributed by atoms with Crippen molar-refractivity contribution in [2.24, 2.45) is 0 Å². The van der Waals surface area contributed by atoms with Crippen molar-refractivity contribution in [2.45, 2.75) is 32.3 Å². The van der Waals surface area contributed by atoms with E-state index in [1.165, 1.54) is 11.8 Å². The third-order valence-corrected chi connectivity index (χ3v) is 4.51. The molecule has 6 nitrogen and oxygen atoms in total. The molecule has 124 valence electrons. The minimum Gasteiger partial charge on any atom is -0.326 e. The lowest BCUT2D eigenvalue weighted by atomic mass is 10.1. The predicted octanol–water partition coefficient (Wildman–Crippen LogP) is 2.95. The maximum atomic E-state index is 12.4. The first-order chi connectivity index (χ1) is 11.5. The van der Waals surface area contributed by atoms with Crippen molar-refractivity contribution < 1.29 is 4.79 Å². The molecule has 0 radical (unpaired) electrons. The molecule has 1 N–H and O–H groups in total. The van der Waals surface area contributed by atoms with Crippen LogP contribution in [0.2, 0.25) is 0 Å². The van der Waals surface area contributed by atoms with Gasteiger partial charge in [-0.05, 0) is 38.7 Å². The molecule has 3 rings (SSSR count). The van der Waals surface area contributed by atoms with Crippen LogP contribution in [-0.2, 0) is 11.2 Å². The van der Waals surface area contributed by atoms with Gasteiger partial charge in [-0.2, -0.15) is 4.98 Å². The highest BCUT2D eigenvalue weighted by atomic mass is 32.2. The number of aryl methyl sites for hydroxylation is 3. The summed E-state index contributed by atoms with van der Waals surface area (Å²) in [7, 11) is 0. The minimum absolute atomic E-state index is 0.0677. The Morgan fingerprint density at radius 2 is 1.96 bits per heavy atom. The zero-order chi connectivity index (χ0) is 17.3. The molecule has 3 aromatic rings. The molecule has 0 unspecified atom stereocenters. The van der Waals surface area contributed by atoms with E-state index in [-0.39, 0.29) is 12.3 Å². The van der Waals surface area contributed by atoms with Gasteiger partial charge >= 0.3 is 0 Å². The Bertz CT molecular complexity index is 919. The Hall–Kier alpha value is -2.41. The van der Waals surface area contributed by atoms with Gasteiger partial charge in [-0.3, -0.25) is 4.79 Å². The number of carbonyl (C=O) groups excluding carboxylic acids is 1. The van der Waals surface area contributed by atoms with Crippen LogP contribution in [0.4, 0.5) is 5.69 Å². The highest BCUT2D eigenvalue weighted by Gasteiger charge is 2.16. The van der Waals surface area contributed by atoms with Crippen LogP contribution in [0.1, 0.15) is 22.5 Å². The summed E-state index contributed by atoms with van der Waals surface area (Å²) in [5.41, 5.74) is 4.45. The maximum Gasteiger partial charge on any atom is 0.253 e. The molecule has 1 amide bonds. The lowest BCUT2D eigenvalue weighted by Crippen LogP contribution is -2.18. The number of hydrogen-bond acceptors (Lipinski definition) is 5. The standard InChI is InChI=1S/C17H19N5OS/c1-10-7-5-6-8-14(10)19-15(23)9-13-11(2)18-16-20-17(24-4)21-22(16)12(13)3/h5-8H,9H2,1-4H3,(H,19,23). The van der Waals surface area contributed by atoms with Crippen LogP contribution in [0.15, 0.2) is 29.4 Å². The largest absolute Gasteiger partial charge is 0.326 e. The van der Waals surface area contributed by atoms with Crippen molar-refractivity contribution in [1.29, 1.82) is 0 Å². The van der Waals surface area contributed by atoms with Crippen molar-refractivity contribution in [1.82, 2.24) is 19.6 Å². The van der Waals surface area contributed by atoms with Crippen LogP contribution >= 0.6 is 11.8 Å². The Labute approximate surface area is 144 Å². The summed E-state index contributed by atoms with van der Waals surface area (Å²) in [5.74, 6) is 0.499. The molecule has 0 bridgehead atoms. The molecule has 0 saturated carbocycles. The summed E-state index contributed by atoms with van der Waals surface area (Å²) >= 11 is 1.47. The number of thioether (sulfide) groups is 1. The van der Waals surface area contributed by atoms with Gasteiger partial charge in [-0.25, -0.2) is 9.50 Å². The number of rotatable bonds is 4. The molecule has 0 spiro atoms. The van der Waals surface area contributed by atoms with Gasteiger partial charge in [0, 0.05) is 22.6 Å². The molecule has 1 aromatic carbocycles. The molecule has 0 atom stereocenters. The van der Waals surface area contributed by atoms with Crippen molar-refractivity contribution in [3.05, 3.63) is 46.8 Å². The fourth-order valence-corrected chi connectivity index (χ4v) is 2.94. The van der Waals surface area contributed by atoms with E-state index in [0.29, 0.717) is 10.9 Å². The normalized spacial score (nSPS) is 11.0. The zero-order valence-electron chi connectivity index (χ0n) is 14.1. The van der Waals surface area contributed by atoms with Crippen LogP contribution in [0.25, 0.3) is 5.78 Å². The smallest absolute Gasteiger partial charge is 0.253 e. The van der Waals surface area contributed by atoms with E-state index < -0.39 is 0 Å². The van der Waals surface area contributed by atoms with Crippen LogP contribution in [0.3, 0.4) is 0 Å². The van der Waals surface area contributed by atoms with Gasteiger partial charge in [0.05, 0.1) is 6.42 Å². The number of nitrogens with zero attached hydrogens (tertiary/aromatic N) is 4. The SMILES string of the molecule is CSc1nc2nc(C)c(CC(=O)Nc3ccccc3C)c(C)n2n1. The Balaban J connectivity index is 1.89. The monoisotopic (exact) mass is 341 g/mol. The first-order valence-corrected chi connectivity index (χ1v) is 8.84. The number of hydrogen-bond donors (Lipinski definition) is 1. The number of para-hydroxylation sites is 1. The van der Waals surface area contributed by atoms with Crippen molar-refractivity contribution in [3.8, 4) is 0 Å². The first-order valence-electron chi connectivity index (χ1n) is 7.62. The van der Waals surface area contributed by atoms with Crippen LogP contribution in [0.5, 0.6) is 0 Å². The quantitative estimate of drug-likeness (QED) is 0.739. The second kappa shape index (κ2) is 6.60. The van der Waals surface area contributed by atoms with Crippen molar-refractivity contribution >= 4 is 29.1 Å². The van der Waals surface area contributed by atoms with E-state index in [9.17, 15) is 4.79 Å². The fraction of sp³-hybridized carbons (Fsp3) is 0.294. The lowest BCUT2D eigenvalue weighted by molar-refractivity contribution is -0.115. The van der Waals surface area contributed by atoms with E-state index in [2.05, 4.69) is 20.4 Å². The van der Waals surface area contributed by atoms with E-state index in [4.69, 9.17) is 0 Å². The molecule has 0 fully saturated rings. The van der Waals surface area contributed by atoms with Crippen LogP contribution in [-0.4, -0.2) is 31.7 Å². The second-order valence-electron chi connectivity index (χ2n) is 5.61. The third kappa shape index (κ3) is 3.12. The molecule has 0 aliphatic carbocycles. The topological polar surface area (TPSA) is 72.2 Å². The van der Waals surface area contributed by atoms with E-state index in [1.54, 1.807) is 4.52 Å². The summed E-state index contributed by atoms with van der Waals surface area (Å²) < 4.78 is 1.70. The van der Waals surface area contributed by atoms with Gasteiger partial charge < -0.3 is 5.32 Å². The maximum absolute atomic E-state index is 12.4. The molecule has 0 aliphatic rings. The Morgan fingerprint density at radius 1 is 1.21 bits per heavy atom. The van der Waals surface area contributed by atoms with Gasteiger partial charge in [-0.15, -0.1) is 5.10 Å². The van der Waals surface area contributed by atoms with Gasteiger partial charge in [0.15, 0.2) is 0 Å². The molecule has 2 aromatic heterocycles. The molecule has 24 heavy (non-hydrogen) atoms. The van der Waals surface area contributed by atoms with Gasteiger partial charge in [0.1, 0.15) is 0 Å². The molecular weight excluding hydrogens is 322 g/mol. The first kappa shape index (κ1) is 16.4. The van der Waals surface area contributed by atoms with Crippen molar-refractivity contribution in [2.75, 3.05) is 11.6 Å². The lowest BCUT2D eigenvalue weighted by Gasteiger charge is -2.11. The van der Waals surface area contributed by atoms with E-state index in [0.717, 1.165) is 28.2 Å². The number of fused-ring (bicyclic) bond motifs is 1. The van der Waals surface area contributed by atoms with E-state index >= 15 is 0 Å². The number of amides is 1. The number of carbonyl (C=O) groups is 1. The summed E-state index contributed by atoms with van der Waals surface area (Å²) in [6.07, 6.45) is 2.18. The number of benzene rings is 1. The fourth-order valence-electron chi connectivity index (χ4n) is 2.60. The Kier molecular flexibility index (Phi) is 4.53. The number of anilines is 1.